The molecule has 0 radical (unpaired) electrons. The molecule has 4 aromatic heterocycles. The van der Waals surface area contributed by atoms with Gasteiger partial charge in [-0.2, -0.15) is 0 Å². The molecule has 1 aliphatic rings. The van der Waals surface area contributed by atoms with E-state index in [2.05, 4.69) is 30.2 Å². The summed E-state index contributed by atoms with van der Waals surface area (Å²) in [6.07, 6.45) is 8.35. The minimum absolute atomic E-state index is 0.178. The maximum absolute atomic E-state index is 13.4. The fourth-order valence-corrected chi connectivity index (χ4v) is 4.45. The SMILES string of the molecule is COc1ncnc(C2CC2)c1-c1ncc2nc(NCc3ccc(S(C)=O)cn3)c(=O)n(C(C)C)c2n1. The quantitative estimate of drug-likeness (QED) is 0.380. The molecular formula is C24H26N8O3S. The fraction of sp³-hybridized carbons (Fsp3) is 0.375. The number of hydrogen-bond acceptors (Lipinski definition) is 10. The third-order valence-electron chi connectivity index (χ3n) is 5.94. The molecule has 0 amide bonds. The Morgan fingerprint density at radius 1 is 1.14 bits per heavy atom. The van der Waals surface area contributed by atoms with Gasteiger partial charge in [0.05, 0.1) is 46.9 Å². The van der Waals surface area contributed by atoms with Crippen molar-refractivity contribution < 1.29 is 8.95 Å². The monoisotopic (exact) mass is 506 g/mol. The summed E-state index contributed by atoms with van der Waals surface area (Å²) in [6.45, 7) is 4.11. The van der Waals surface area contributed by atoms with E-state index in [4.69, 9.17) is 9.72 Å². The van der Waals surface area contributed by atoms with Crippen LogP contribution in [-0.2, 0) is 17.3 Å². The molecule has 1 fully saturated rings. The predicted molar refractivity (Wildman–Crippen MR) is 135 cm³/mol. The van der Waals surface area contributed by atoms with Gasteiger partial charge in [-0.05, 0) is 38.8 Å². The van der Waals surface area contributed by atoms with E-state index in [-0.39, 0.29) is 24.0 Å². The molecular weight excluding hydrogens is 480 g/mol. The second-order valence-electron chi connectivity index (χ2n) is 8.84. The van der Waals surface area contributed by atoms with Gasteiger partial charge in [0.25, 0.3) is 5.56 Å². The zero-order chi connectivity index (χ0) is 25.4. The van der Waals surface area contributed by atoms with Gasteiger partial charge in [-0.25, -0.2) is 24.9 Å². The van der Waals surface area contributed by atoms with Crippen LogP contribution in [0.3, 0.4) is 0 Å². The summed E-state index contributed by atoms with van der Waals surface area (Å²) in [7, 11) is 0.451. The van der Waals surface area contributed by atoms with Crippen LogP contribution in [0.15, 0.2) is 40.5 Å². The fourth-order valence-electron chi connectivity index (χ4n) is 3.99. The van der Waals surface area contributed by atoms with E-state index in [9.17, 15) is 9.00 Å². The minimum Gasteiger partial charge on any atom is -0.480 e. The highest BCUT2D eigenvalue weighted by Crippen LogP contribution is 2.44. The molecule has 1 atom stereocenters. The maximum atomic E-state index is 13.4. The van der Waals surface area contributed by atoms with E-state index < -0.39 is 10.8 Å². The van der Waals surface area contributed by atoms with E-state index >= 15 is 0 Å². The van der Waals surface area contributed by atoms with Gasteiger partial charge < -0.3 is 10.1 Å². The molecule has 1 aliphatic carbocycles. The van der Waals surface area contributed by atoms with Gasteiger partial charge in [0.15, 0.2) is 17.3 Å². The number of methoxy groups -OCH3 is 1. The van der Waals surface area contributed by atoms with Crippen LogP contribution in [0, 0.1) is 0 Å². The van der Waals surface area contributed by atoms with Gasteiger partial charge in [-0.3, -0.25) is 18.6 Å². The number of ether oxygens (including phenoxy) is 1. The number of hydrogen-bond donors (Lipinski definition) is 1. The molecule has 0 aliphatic heterocycles. The highest BCUT2D eigenvalue weighted by molar-refractivity contribution is 7.84. The summed E-state index contributed by atoms with van der Waals surface area (Å²) < 4.78 is 18.7. The molecule has 1 saturated carbocycles. The topological polar surface area (TPSA) is 138 Å². The van der Waals surface area contributed by atoms with Gasteiger partial charge in [0.1, 0.15) is 17.4 Å². The lowest BCUT2D eigenvalue weighted by molar-refractivity contribution is 0.397. The van der Waals surface area contributed by atoms with Crippen molar-refractivity contribution in [3.63, 3.8) is 0 Å². The average molecular weight is 507 g/mol. The lowest BCUT2D eigenvalue weighted by Crippen LogP contribution is -2.27. The van der Waals surface area contributed by atoms with Crippen LogP contribution in [0.1, 0.15) is 50.0 Å². The van der Waals surface area contributed by atoms with Crippen molar-refractivity contribution in [3.05, 3.63) is 52.6 Å². The number of nitrogens with zero attached hydrogens (tertiary/aromatic N) is 7. The van der Waals surface area contributed by atoms with Crippen molar-refractivity contribution in [1.82, 2.24) is 34.5 Å². The molecule has 4 aromatic rings. The summed E-state index contributed by atoms with van der Waals surface area (Å²) >= 11 is 0. The van der Waals surface area contributed by atoms with Crippen molar-refractivity contribution in [3.8, 4) is 17.3 Å². The highest BCUT2D eigenvalue weighted by atomic mass is 32.2. The molecule has 1 N–H and O–H groups in total. The molecule has 5 rings (SSSR count). The Hall–Kier alpha value is -3.80. The van der Waals surface area contributed by atoms with Crippen molar-refractivity contribution in [2.75, 3.05) is 18.7 Å². The number of aromatic nitrogens is 7. The molecule has 0 saturated heterocycles. The minimum atomic E-state index is -1.10. The first-order valence-corrected chi connectivity index (χ1v) is 13.1. The zero-order valence-corrected chi connectivity index (χ0v) is 21.2. The summed E-state index contributed by atoms with van der Waals surface area (Å²) in [4.78, 5) is 40.9. The predicted octanol–water partition coefficient (Wildman–Crippen LogP) is 2.85. The molecule has 4 heterocycles. The first-order valence-electron chi connectivity index (χ1n) is 11.6. The van der Waals surface area contributed by atoms with Gasteiger partial charge in [0, 0.05) is 24.4 Å². The summed E-state index contributed by atoms with van der Waals surface area (Å²) in [5, 5.41) is 3.08. The van der Waals surface area contributed by atoms with Crippen LogP contribution in [0.25, 0.3) is 22.6 Å². The summed E-state index contributed by atoms with van der Waals surface area (Å²) in [5.74, 6) is 1.31. The number of rotatable bonds is 8. The van der Waals surface area contributed by atoms with Gasteiger partial charge in [-0.1, -0.05) is 0 Å². The first kappa shape index (κ1) is 23.9. The van der Waals surface area contributed by atoms with Gasteiger partial charge in [0.2, 0.25) is 5.88 Å². The molecule has 36 heavy (non-hydrogen) atoms. The Bertz CT molecular complexity index is 1520. The van der Waals surface area contributed by atoms with E-state index in [1.165, 1.54) is 6.33 Å². The molecule has 0 aromatic carbocycles. The van der Waals surface area contributed by atoms with Gasteiger partial charge >= 0.3 is 0 Å². The highest BCUT2D eigenvalue weighted by Gasteiger charge is 2.31. The summed E-state index contributed by atoms with van der Waals surface area (Å²) in [5.41, 5.74) is 2.80. The molecule has 186 valence electrons. The van der Waals surface area contributed by atoms with Crippen molar-refractivity contribution in [1.29, 1.82) is 0 Å². The Balaban J connectivity index is 1.55. The molecule has 11 nitrogen and oxygen atoms in total. The van der Waals surface area contributed by atoms with Gasteiger partial charge in [-0.15, -0.1) is 0 Å². The lowest BCUT2D eigenvalue weighted by atomic mass is 10.1. The van der Waals surface area contributed by atoms with Crippen LogP contribution in [0.5, 0.6) is 5.88 Å². The Morgan fingerprint density at radius 3 is 2.58 bits per heavy atom. The van der Waals surface area contributed by atoms with Crippen molar-refractivity contribution >= 4 is 27.8 Å². The van der Waals surface area contributed by atoms with Crippen molar-refractivity contribution in [2.24, 2.45) is 0 Å². The van der Waals surface area contributed by atoms with E-state index in [1.54, 1.807) is 42.5 Å². The summed E-state index contributed by atoms with van der Waals surface area (Å²) in [6, 6.07) is 3.35. The number of anilines is 1. The smallest absolute Gasteiger partial charge is 0.295 e. The zero-order valence-electron chi connectivity index (χ0n) is 20.4. The Labute approximate surface area is 209 Å². The lowest BCUT2D eigenvalue weighted by Gasteiger charge is -2.16. The Kier molecular flexibility index (Phi) is 6.44. The molecule has 1 unspecified atom stereocenters. The van der Waals surface area contributed by atoms with Crippen LogP contribution in [0.2, 0.25) is 0 Å². The van der Waals surface area contributed by atoms with Crippen LogP contribution in [0.4, 0.5) is 5.82 Å². The maximum Gasteiger partial charge on any atom is 0.295 e. The third kappa shape index (κ3) is 4.55. The Morgan fingerprint density at radius 2 is 1.94 bits per heavy atom. The van der Waals surface area contributed by atoms with E-state index in [1.807, 2.05) is 13.8 Å². The molecule has 12 heteroatoms. The number of fused-ring (bicyclic) bond motifs is 1. The normalized spacial score (nSPS) is 14.2. The molecule has 0 spiro atoms. The number of pyridine rings is 1. The van der Waals surface area contributed by atoms with Crippen molar-refractivity contribution in [2.45, 2.75) is 50.1 Å². The van der Waals surface area contributed by atoms with Crippen LogP contribution >= 0.6 is 0 Å². The number of nitrogens with one attached hydrogen (secondary N) is 1. The van der Waals surface area contributed by atoms with Crippen LogP contribution < -0.4 is 15.6 Å². The first-order chi connectivity index (χ1) is 17.4. The second-order valence-corrected chi connectivity index (χ2v) is 10.2. The second kappa shape index (κ2) is 9.69. The molecule has 0 bridgehead atoms. The van der Waals surface area contributed by atoms with E-state index in [0.717, 1.165) is 18.5 Å². The van der Waals surface area contributed by atoms with E-state index in [0.29, 0.717) is 44.9 Å². The third-order valence-corrected chi connectivity index (χ3v) is 6.84. The average Bonchev–Trinajstić information content (AvgIpc) is 3.72. The largest absolute Gasteiger partial charge is 0.480 e. The standard InChI is InChI=1S/C24H26N8O3S/c1-13(2)32-22-17(30-21(24(32)33)26-9-15-7-8-16(10-25-15)36(4)34)11-27-20(31-22)18-19(14-5-6-14)28-12-29-23(18)35-3/h7-8,10-14H,5-6,9H2,1-4H3,(H,26,30). The van der Waals surface area contributed by atoms with Crippen LogP contribution in [-0.4, -0.2) is 52.0 Å².